The number of aliphatic carboxylic acids is 1. The number of carboxylic acid groups (broad SMARTS) is 1. The van der Waals surface area contributed by atoms with E-state index in [1.54, 1.807) is 6.08 Å². The van der Waals surface area contributed by atoms with Gasteiger partial charge in [0.25, 0.3) is 0 Å². The van der Waals surface area contributed by atoms with Crippen molar-refractivity contribution in [2.75, 3.05) is 6.61 Å². The van der Waals surface area contributed by atoms with Crippen LogP contribution in [-0.2, 0) is 15.0 Å². The van der Waals surface area contributed by atoms with E-state index in [9.17, 15) is 9.90 Å². The van der Waals surface area contributed by atoms with E-state index in [-0.39, 0.29) is 17.3 Å². The zero-order valence-corrected chi connectivity index (χ0v) is 18.0. The molecule has 1 N–H and O–H groups in total. The quantitative estimate of drug-likeness (QED) is 0.377. The lowest BCUT2D eigenvalue weighted by Gasteiger charge is -2.53. The van der Waals surface area contributed by atoms with Gasteiger partial charge in [0.05, 0.1) is 16.1 Å². The number of benzene rings is 1. The monoisotopic (exact) mass is 403 g/mol. The molecule has 5 heteroatoms. The first-order valence-corrected chi connectivity index (χ1v) is 10.4. The summed E-state index contributed by atoms with van der Waals surface area (Å²) in [6, 6.07) is 4.23. The van der Waals surface area contributed by atoms with Gasteiger partial charge in [-0.25, -0.2) is 0 Å². The Labute approximate surface area is 172 Å². The number of nitrogens with zero attached hydrogens (tertiary/aromatic N) is 1. The van der Waals surface area contributed by atoms with Gasteiger partial charge in [0.1, 0.15) is 6.61 Å². The number of carbonyl (C=O) groups is 1. The molecule has 2 aliphatic carbocycles. The second-order valence-corrected chi connectivity index (χ2v) is 9.30. The van der Waals surface area contributed by atoms with Gasteiger partial charge < -0.3 is 9.94 Å². The molecule has 0 saturated heterocycles. The van der Waals surface area contributed by atoms with E-state index in [2.05, 4.69) is 44.6 Å². The first-order chi connectivity index (χ1) is 13.2. The van der Waals surface area contributed by atoms with Crippen LogP contribution in [0.2, 0.25) is 5.02 Å². The Hall–Kier alpha value is -1.81. The molecule has 0 heterocycles. The van der Waals surface area contributed by atoms with Gasteiger partial charge in [-0.1, -0.05) is 68.7 Å². The summed E-state index contributed by atoms with van der Waals surface area (Å²) in [7, 11) is 0. The highest BCUT2D eigenvalue weighted by Crippen LogP contribution is 2.58. The van der Waals surface area contributed by atoms with E-state index in [0.717, 1.165) is 40.3 Å². The number of fused-ring (bicyclic) bond motifs is 3. The minimum Gasteiger partial charge on any atom is -0.481 e. The van der Waals surface area contributed by atoms with E-state index >= 15 is 0 Å². The predicted octanol–water partition coefficient (Wildman–Crippen LogP) is 5.92. The Morgan fingerprint density at radius 3 is 2.75 bits per heavy atom. The molecule has 3 rings (SSSR count). The molecular formula is C23H30ClNO3. The lowest BCUT2D eigenvalue weighted by molar-refractivity contribution is -0.156. The maximum Gasteiger partial charge on any atom is 0.309 e. The van der Waals surface area contributed by atoms with Crippen LogP contribution in [0.25, 0.3) is 0 Å². The Morgan fingerprint density at radius 2 is 2.14 bits per heavy atom. The Balaban J connectivity index is 2.24. The van der Waals surface area contributed by atoms with Gasteiger partial charge >= 0.3 is 5.97 Å². The van der Waals surface area contributed by atoms with Crippen LogP contribution in [0.3, 0.4) is 0 Å². The summed E-state index contributed by atoms with van der Waals surface area (Å²) in [6.45, 7) is 12.3. The maximum absolute atomic E-state index is 12.3. The average molecular weight is 404 g/mol. The number of halogens is 1. The minimum atomic E-state index is -0.799. The number of carboxylic acids is 1. The van der Waals surface area contributed by atoms with Crippen LogP contribution < -0.4 is 0 Å². The highest BCUT2D eigenvalue weighted by molar-refractivity contribution is 6.35. The second-order valence-electron chi connectivity index (χ2n) is 8.92. The van der Waals surface area contributed by atoms with Crippen LogP contribution in [0.15, 0.2) is 29.9 Å². The molecular weight excluding hydrogens is 374 g/mol. The molecule has 4 nitrogen and oxygen atoms in total. The summed E-state index contributed by atoms with van der Waals surface area (Å²) in [6.07, 6.45) is 4.71. The van der Waals surface area contributed by atoms with E-state index in [1.165, 1.54) is 0 Å². The van der Waals surface area contributed by atoms with Gasteiger partial charge in [0.2, 0.25) is 0 Å². The van der Waals surface area contributed by atoms with Crippen molar-refractivity contribution >= 4 is 23.3 Å². The molecule has 1 saturated carbocycles. The normalized spacial score (nSPS) is 30.6. The summed E-state index contributed by atoms with van der Waals surface area (Å²) in [5, 5.41) is 15.2. The van der Waals surface area contributed by atoms with Gasteiger partial charge in [-0.3, -0.25) is 4.79 Å². The molecule has 28 heavy (non-hydrogen) atoms. The van der Waals surface area contributed by atoms with Crippen LogP contribution in [0, 0.1) is 11.3 Å². The highest BCUT2D eigenvalue weighted by Gasteiger charge is 2.57. The van der Waals surface area contributed by atoms with Crippen LogP contribution in [0.5, 0.6) is 0 Å². The molecule has 0 aromatic heterocycles. The van der Waals surface area contributed by atoms with Crippen LogP contribution in [0.1, 0.15) is 76.0 Å². The Kier molecular flexibility index (Phi) is 5.64. The highest BCUT2D eigenvalue weighted by atomic mass is 35.5. The Bertz CT molecular complexity index is 831. The van der Waals surface area contributed by atoms with E-state index < -0.39 is 11.4 Å². The standard InChI is InChI=1S/C23H30ClNO3/c1-6-12-28-25-17-13-18-22(4,10-7-11-23(18,5)21(26)27)16-9-8-15(14(2)3)20(24)19(16)17/h6,8-9,14,18H,1,7,10-13H2,2-5H3,(H,26,27)/b25-17+/t18?,22-,23-/m1/s1. The molecule has 2 aliphatic rings. The lowest BCUT2D eigenvalue weighted by atomic mass is 9.49. The van der Waals surface area contributed by atoms with Crippen molar-refractivity contribution in [1.82, 2.24) is 0 Å². The topological polar surface area (TPSA) is 58.9 Å². The molecule has 0 aliphatic heterocycles. The van der Waals surface area contributed by atoms with Crippen molar-refractivity contribution in [3.8, 4) is 0 Å². The van der Waals surface area contributed by atoms with Crippen LogP contribution in [-0.4, -0.2) is 23.4 Å². The molecule has 1 unspecified atom stereocenters. The minimum absolute atomic E-state index is 0.0641. The molecule has 1 aromatic carbocycles. The average Bonchev–Trinajstić information content (AvgIpc) is 2.62. The molecule has 0 spiro atoms. The third-order valence-electron chi connectivity index (χ3n) is 6.88. The van der Waals surface area contributed by atoms with Crippen molar-refractivity contribution in [2.24, 2.45) is 16.5 Å². The third kappa shape index (κ3) is 3.16. The van der Waals surface area contributed by atoms with Crippen molar-refractivity contribution in [2.45, 2.75) is 64.7 Å². The molecule has 0 radical (unpaired) electrons. The summed E-state index contributed by atoms with van der Waals surface area (Å²) >= 11 is 6.88. The van der Waals surface area contributed by atoms with Crippen molar-refractivity contribution in [3.05, 3.63) is 46.5 Å². The van der Waals surface area contributed by atoms with Gasteiger partial charge in [-0.2, -0.15) is 0 Å². The van der Waals surface area contributed by atoms with Gasteiger partial charge in [0, 0.05) is 5.56 Å². The first kappa shape index (κ1) is 20.9. The number of rotatable bonds is 5. The SMILES string of the molecule is C=CCO/N=C1\CC2[C@](C)(C(=O)O)CCC[C@]2(C)c2ccc(C(C)C)c(Cl)c21. The van der Waals surface area contributed by atoms with Crippen molar-refractivity contribution in [3.63, 3.8) is 0 Å². The summed E-state index contributed by atoms with van der Waals surface area (Å²) in [4.78, 5) is 17.7. The smallest absolute Gasteiger partial charge is 0.309 e. The molecule has 0 bridgehead atoms. The van der Waals surface area contributed by atoms with Crippen molar-refractivity contribution < 1.29 is 14.7 Å². The molecule has 3 atom stereocenters. The fraction of sp³-hybridized carbons (Fsp3) is 0.565. The van der Waals surface area contributed by atoms with E-state index in [4.69, 9.17) is 16.4 Å². The van der Waals surface area contributed by atoms with Gasteiger partial charge in [0.15, 0.2) is 0 Å². The van der Waals surface area contributed by atoms with E-state index in [1.807, 2.05) is 6.92 Å². The van der Waals surface area contributed by atoms with E-state index in [0.29, 0.717) is 19.4 Å². The fourth-order valence-corrected chi connectivity index (χ4v) is 5.74. The molecule has 1 aromatic rings. The molecule has 1 fully saturated rings. The summed E-state index contributed by atoms with van der Waals surface area (Å²) < 4.78 is 0. The van der Waals surface area contributed by atoms with Crippen LogP contribution in [0.4, 0.5) is 0 Å². The number of hydrogen-bond donors (Lipinski definition) is 1. The Morgan fingerprint density at radius 1 is 1.43 bits per heavy atom. The van der Waals surface area contributed by atoms with Gasteiger partial charge in [-0.15, -0.1) is 0 Å². The molecule has 152 valence electrons. The fourth-order valence-electron chi connectivity index (χ4n) is 5.25. The summed E-state index contributed by atoms with van der Waals surface area (Å²) in [5.41, 5.74) is 2.82. The number of hydrogen-bond acceptors (Lipinski definition) is 3. The first-order valence-electron chi connectivity index (χ1n) is 10.0. The van der Waals surface area contributed by atoms with Gasteiger partial charge in [-0.05, 0) is 54.6 Å². The maximum atomic E-state index is 12.3. The predicted molar refractivity (Wildman–Crippen MR) is 113 cm³/mol. The third-order valence-corrected chi connectivity index (χ3v) is 7.29. The zero-order valence-electron chi connectivity index (χ0n) is 17.2. The lowest BCUT2D eigenvalue weighted by Crippen LogP contribution is -2.53. The number of oxime groups is 1. The second kappa shape index (κ2) is 7.55. The molecule has 0 amide bonds. The van der Waals surface area contributed by atoms with Crippen LogP contribution >= 0.6 is 11.6 Å². The summed E-state index contributed by atoms with van der Waals surface area (Å²) in [5.74, 6) is -0.511. The van der Waals surface area contributed by atoms with Crippen molar-refractivity contribution in [1.29, 1.82) is 0 Å². The largest absolute Gasteiger partial charge is 0.481 e. The zero-order chi connectivity index (χ0) is 20.7.